The van der Waals surface area contributed by atoms with Crippen LogP contribution in [0.3, 0.4) is 0 Å². The summed E-state index contributed by atoms with van der Waals surface area (Å²) in [7, 11) is 0. The molecule has 3 heterocycles. The van der Waals surface area contributed by atoms with E-state index in [1.165, 1.54) is 0 Å². The summed E-state index contributed by atoms with van der Waals surface area (Å²) >= 11 is 0. The van der Waals surface area contributed by atoms with E-state index in [1.807, 2.05) is 24.5 Å². The Balaban J connectivity index is 2.23. The quantitative estimate of drug-likeness (QED) is 0.631. The van der Waals surface area contributed by atoms with Gasteiger partial charge in [-0.05, 0) is 18.2 Å². The monoisotopic (exact) mass is 184 g/mol. The van der Waals surface area contributed by atoms with Crippen LogP contribution in [0.4, 0.5) is 0 Å². The molecule has 0 aliphatic heterocycles. The summed E-state index contributed by atoms with van der Waals surface area (Å²) < 4.78 is 5.03. The number of aromatic nitrogens is 2. The van der Waals surface area contributed by atoms with Gasteiger partial charge in [-0.1, -0.05) is 0 Å². The summed E-state index contributed by atoms with van der Waals surface area (Å²) in [6.45, 7) is 0. The third kappa shape index (κ3) is 1.03. The van der Waals surface area contributed by atoms with Crippen molar-refractivity contribution in [3.63, 3.8) is 0 Å². The number of rotatable bonds is 1. The molecule has 3 aromatic rings. The van der Waals surface area contributed by atoms with Crippen LogP contribution < -0.4 is 0 Å². The second-order valence-corrected chi connectivity index (χ2v) is 3.15. The van der Waals surface area contributed by atoms with E-state index in [4.69, 9.17) is 4.42 Å². The Morgan fingerprint density at radius 2 is 2.21 bits per heavy atom. The highest BCUT2D eigenvalue weighted by Gasteiger charge is 2.01. The van der Waals surface area contributed by atoms with E-state index >= 15 is 0 Å². The summed E-state index contributed by atoms with van der Waals surface area (Å²) in [5.74, 6) is 0. The number of H-pyrrole nitrogens is 1. The molecular weight excluding hydrogens is 176 g/mol. The molecule has 0 fully saturated rings. The van der Waals surface area contributed by atoms with Crippen LogP contribution in [0.2, 0.25) is 0 Å². The van der Waals surface area contributed by atoms with Crippen molar-refractivity contribution in [1.82, 2.24) is 9.97 Å². The van der Waals surface area contributed by atoms with Crippen LogP contribution in [0.1, 0.15) is 0 Å². The van der Waals surface area contributed by atoms with Crippen LogP contribution in [-0.2, 0) is 0 Å². The highest BCUT2D eigenvalue weighted by Crippen LogP contribution is 2.22. The molecule has 0 amide bonds. The normalized spacial score (nSPS) is 10.9. The average molecular weight is 184 g/mol. The Labute approximate surface area is 80.4 Å². The maximum atomic E-state index is 5.03. The number of nitrogens with zero attached hydrogens (tertiary/aromatic N) is 1. The van der Waals surface area contributed by atoms with Gasteiger partial charge in [0.1, 0.15) is 5.65 Å². The summed E-state index contributed by atoms with van der Waals surface area (Å²) in [5, 5.41) is 1.11. The van der Waals surface area contributed by atoms with Crippen LogP contribution in [0.5, 0.6) is 0 Å². The Bertz CT molecular complexity index is 551. The van der Waals surface area contributed by atoms with Gasteiger partial charge in [0, 0.05) is 28.9 Å². The molecule has 0 spiro atoms. The van der Waals surface area contributed by atoms with Crippen molar-refractivity contribution in [1.29, 1.82) is 0 Å². The van der Waals surface area contributed by atoms with Crippen molar-refractivity contribution in [3.8, 4) is 11.1 Å². The molecule has 0 atom stereocenters. The fourth-order valence-electron chi connectivity index (χ4n) is 1.53. The fraction of sp³-hybridized carbons (Fsp3) is 0. The molecule has 3 aromatic heterocycles. The number of aromatic amines is 1. The summed E-state index contributed by atoms with van der Waals surface area (Å²) in [6.07, 6.45) is 7.10. The Kier molecular flexibility index (Phi) is 1.44. The van der Waals surface area contributed by atoms with E-state index in [1.54, 1.807) is 12.5 Å². The first-order valence-corrected chi connectivity index (χ1v) is 4.39. The second-order valence-electron chi connectivity index (χ2n) is 3.15. The molecule has 0 unspecified atom stereocenters. The average Bonchev–Trinajstić information content (AvgIpc) is 2.88. The van der Waals surface area contributed by atoms with E-state index in [-0.39, 0.29) is 0 Å². The first kappa shape index (κ1) is 7.38. The fourth-order valence-corrected chi connectivity index (χ4v) is 1.53. The van der Waals surface area contributed by atoms with Gasteiger partial charge in [-0.15, -0.1) is 0 Å². The van der Waals surface area contributed by atoms with E-state index in [2.05, 4.69) is 16.0 Å². The molecule has 1 N–H and O–H groups in total. The van der Waals surface area contributed by atoms with Crippen molar-refractivity contribution < 1.29 is 4.42 Å². The maximum absolute atomic E-state index is 5.03. The lowest BCUT2D eigenvalue weighted by molar-refractivity contribution is 0.568. The van der Waals surface area contributed by atoms with Crippen molar-refractivity contribution in [2.45, 2.75) is 0 Å². The summed E-state index contributed by atoms with van der Waals surface area (Å²) in [6, 6.07) is 6.02. The third-order valence-corrected chi connectivity index (χ3v) is 2.25. The SMILES string of the molecule is c1cc2cc(-c3ccoc3)cnc2[nH]1. The minimum atomic E-state index is 0.914. The van der Waals surface area contributed by atoms with Crippen molar-refractivity contribution >= 4 is 11.0 Å². The first-order chi connectivity index (χ1) is 6.93. The van der Waals surface area contributed by atoms with Gasteiger partial charge in [0.15, 0.2) is 0 Å². The molecule has 0 aromatic carbocycles. The van der Waals surface area contributed by atoms with Crippen LogP contribution in [0.15, 0.2) is 47.5 Å². The number of hydrogen-bond acceptors (Lipinski definition) is 2. The zero-order valence-corrected chi connectivity index (χ0v) is 7.40. The van der Waals surface area contributed by atoms with Crippen LogP contribution >= 0.6 is 0 Å². The van der Waals surface area contributed by atoms with Gasteiger partial charge in [-0.2, -0.15) is 0 Å². The van der Waals surface area contributed by atoms with Crippen LogP contribution in [-0.4, -0.2) is 9.97 Å². The molecule has 0 saturated heterocycles. The number of hydrogen-bond donors (Lipinski definition) is 1. The van der Waals surface area contributed by atoms with E-state index in [0.29, 0.717) is 0 Å². The standard InChI is InChI=1S/C11H8N2O/c1-3-12-11-8(1)5-10(6-13-11)9-2-4-14-7-9/h1-7H,(H,12,13). The molecule has 0 radical (unpaired) electrons. The van der Waals surface area contributed by atoms with Crippen molar-refractivity contribution in [2.75, 3.05) is 0 Å². The molecule has 3 nitrogen and oxygen atoms in total. The summed E-state index contributed by atoms with van der Waals surface area (Å²) in [4.78, 5) is 7.36. The van der Waals surface area contributed by atoms with Gasteiger partial charge in [0.25, 0.3) is 0 Å². The van der Waals surface area contributed by atoms with E-state index in [0.717, 1.165) is 22.2 Å². The molecule has 68 valence electrons. The van der Waals surface area contributed by atoms with E-state index < -0.39 is 0 Å². The highest BCUT2D eigenvalue weighted by molar-refractivity contribution is 5.80. The van der Waals surface area contributed by atoms with Crippen LogP contribution in [0.25, 0.3) is 22.2 Å². The largest absolute Gasteiger partial charge is 0.472 e. The zero-order valence-electron chi connectivity index (χ0n) is 7.40. The third-order valence-electron chi connectivity index (χ3n) is 2.25. The van der Waals surface area contributed by atoms with Crippen LogP contribution in [0, 0.1) is 0 Å². The lowest BCUT2D eigenvalue weighted by Gasteiger charge is -1.95. The van der Waals surface area contributed by atoms with Gasteiger partial charge in [-0.3, -0.25) is 0 Å². The smallest absolute Gasteiger partial charge is 0.137 e. The topological polar surface area (TPSA) is 41.8 Å². The predicted octanol–water partition coefficient (Wildman–Crippen LogP) is 2.82. The zero-order chi connectivity index (χ0) is 9.38. The molecule has 0 saturated carbocycles. The molecular formula is C11H8N2O. The molecule has 3 heteroatoms. The number of fused-ring (bicyclic) bond motifs is 1. The number of nitrogens with one attached hydrogen (secondary N) is 1. The first-order valence-electron chi connectivity index (χ1n) is 4.39. The minimum Gasteiger partial charge on any atom is -0.472 e. The summed E-state index contributed by atoms with van der Waals surface area (Å²) in [5.41, 5.74) is 3.05. The number of furan rings is 1. The molecule has 0 bridgehead atoms. The van der Waals surface area contributed by atoms with Gasteiger partial charge in [0.2, 0.25) is 0 Å². The van der Waals surface area contributed by atoms with Gasteiger partial charge >= 0.3 is 0 Å². The highest BCUT2D eigenvalue weighted by atomic mass is 16.3. The maximum Gasteiger partial charge on any atom is 0.137 e. The Morgan fingerprint density at radius 1 is 1.21 bits per heavy atom. The van der Waals surface area contributed by atoms with E-state index in [9.17, 15) is 0 Å². The predicted molar refractivity (Wildman–Crippen MR) is 53.8 cm³/mol. The second kappa shape index (κ2) is 2.73. The number of pyridine rings is 1. The lowest BCUT2D eigenvalue weighted by Crippen LogP contribution is -1.78. The van der Waals surface area contributed by atoms with Gasteiger partial charge < -0.3 is 9.40 Å². The van der Waals surface area contributed by atoms with Crippen molar-refractivity contribution in [2.24, 2.45) is 0 Å². The van der Waals surface area contributed by atoms with Gasteiger partial charge in [-0.25, -0.2) is 4.98 Å². The minimum absolute atomic E-state index is 0.914. The molecule has 14 heavy (non-hydrogen) atoms. The Morgan fingerprint density at radius 3 is 3.07 bits per heavy atom. The molecule has 3 rings (SSSR count). The Hall–Kier alpha value is -2.03. The molecule has 0 aliphatic carbocycles. The van der Waals surface area contributed by atoms with Crippen molar-refractivity contribution in [3.05, 3.63) is 43.1 Å². The lowest BCUT2D eigenvalue weighted by atomic mass is 10.1. The molecule has 0 aliphatic rings. The van der Waals surface area contributed by atoms with Gasteiger partial charge in [0.05, 0.1) is 12.5 Å².